The molecule has 0 bridgehead atoms. The average Bonchev–Trinajstić information content (AvgIpc) is 3.41. The number of nitrogens with zero attached hydrogens (tertiary/aromatic N) is 1. The van der Waals surface area contributed by atoms with Crippen molar-refractivity contribution in [2.45, 2.75) is 58.0 Å². The highest BCUT2D eigenvalue weighted by Crippen LogP contribution is 2.33. The zero-order valence-electron chi connectivity index (χ0n) is 25.4. The van der Waals surface area contributed by atoms with Gasteiger partial charge in [0.2, 0.25) is 0 Å². The number of pyridine rings is 1. The fourth-order valence-corrected chi connectivity index (χ4v) is 6.19. The molecule has 1 saturated carbocycles. The molecule has 2 atom stereocenters. The second kappa shape index (κ2) is 14.1. The van der Waals surface area contributed by atoms with Crippen LogP contribution in [0.3, 0.4) is 0 Å². The van der Waals surface area contributed by atoms with Crippen molar-refractivity contribution < 1.29 is 22.8 Å². The predicted molar refractivity (Wildman–Crippen MR) is 173 cm³/mol. The van der Waals surface area contributed by atoms with Gasteiger partial charge in [-0.1, -0.05) is 68.0 Å². The van der Waals surface area contributed by atoms with Crippen LogP contribution in [0.4, 0.5) is 13.2 Å². The van der Waals surface area contributed by atoms with Crippen LogP contribution in [0.2, 0.25) is 0 Å². The summed E-state index contributed by atoms with van der Waals surface area (Å²) in [5, 5.41) is 3.54. The summed E-state index contributed by atoms with van der Waals surface area (Å²) in [6, 6.07) is 15.0. The lowest BCUT2D eigenvalue weighted by atomic mass is 9.89. The lowest BCUT2D eigenvalue weighted by Gasteiger charge is -2.15. The summed E-state index contributed by atoms with van der Waals surface area (Å²) < 4.78 is 37.7. The first-order valence-electron chi connectivity index (χ1n) is 15.5. The summed E-state index contributed by atoms with van der Waals surface area (Å²) in [6.07, 6.45) is 11.8. The highest BCUT2D eigenvalue weighted by atomic mass is 19.4. The maximum absolute atomic E-state index is 13.4. The molecule has 45 heavy (non-hydrogen) atoms. The van der Waals surface area contributed by atoms with Gasteiger partial charge in [0.1, 0.15) is 6.54 Å². The Morgan fingerprint density at radius 2 is 1.82 bits per heavy atom. The maximum atomic E-state index is 13.4. The highest BCUT2D eigenvalue weighted by Gasteiger charge is 2.28. The Balaban J connectivity index is 1.17. The van der Waals surface area contributed by atoms with Crippen molar-refractivity contribution in [3.63, 3.8) is 0 Å². The summed E-state index contributed by atoms with van der Waals surface area (Å²) >= 11 is 0. The fraction of sp³-hybridized carbons (Fsp3) is 0.316. The van der Waals surface area contributed by atoms with Crippen LogP contribution in [-0.2, 0) is 0 Å². The van der Waals surface area contributed by atoms with Crippen molar-refractivity contribution in [2.75, 3.05) is 6.54 Å². The predicted octanol–water partition coefficient (Wildman–Crippen LogP) is 7.51. The molecule has 1 aromatic heterocycles. The standard InChI is InChI=1S/C38H37F3N2O2/c1-3-26-12-22-35(42-23-26)30-15-17-32(18-16-30)36(44)31-6-4-5-27(10-14-31)7-8-28-9-13-29-19-21-34(25(2)33(29)20-11-28)37(45)43-24-38(39,40)41/h3,9,11-12,15-23,27,31H,1,4-8,10,14,24H2,2H3,(H,43,45). The van der Waals surface area contributed by atoms with E-state index in [4.69, 9.17) is 0 Å². The second-order valence-corrected chi connectivity index (χ2v) is 11.9. The van der Waals surface area contributed by atoms with E-state index in [0.29, 0.717) is 11.5 Å². The first-order chi connectivity index (χ1) is 21.6. The van der Waals surface area contributed by atoms with E-state index in [1.54, 1.807) is 31.3 Å². The van der Waals surface area contributed by atoms with Crippen LogP contribution < -0.4 is 15.8 Å². The summed E-state index contributed by atoms with van der Waals surface area (Å²) in [6.45, 7) is 4.14. The minimum atomic E-state index is -4.46. The van der Waals surface area contributed by atoms with Gasteiger partial charge in [-0.2, -0.15) is 13.2 Å². The van der Waals surface area contributed by atoms with Crippen LogP contribution in [0.5, 0.6) is 0 Å². The third-order valence-electron chi connectivity index (χ3n) is 8.87. The molecule has 2 unspecified atom stereocenters. The van der Waals surface area contributed by atoms with Crippen LogP contribution in [0.25, 0.3) is 29.1 Å². The maximum Gasteiger partial charge on any atom is 0.405 e. The van der Waals surface area contributed by atoms with Crippen molar-refractivity contribution in [2.24, 2.45) is 11.8 Å². The molecule has 2 aromatic carbocycles. The van der Waals surface area contributed by atoms with Crippen molar-refractivity contribution >= 4 is 29.6 Å². The molecule has 7 heteroatoms. The number of nitrogens with one attached hydrogen (secondary N) is 1. The first kappa shape index (κ1) is 31.9. The molecule has 232 valence electrons. The number of hydrogen-bond acceptors (Lipinski definition) is 3. The molecule has 0 spiro atoms. The number of halogens is 3. The largest absolute Gasteiger partial charge is 0.405 e. The molecule has 0 radical (unpaired) electrons. The summed E-state index contributed by atoms with van der Waals surface area (Å²) in [7, 11) is 0. The van der Waals surface area contributed by atoms with E-state index in [-0.39, 0.29) is 17.3 Å². The molecule has 1 heterocycles. The van der Waals surface area contributed by atoms with Crippen LogP contribution in [0.15, 0.2) is 79.0 Å². The lowest BCUT2D eigenvalue weighted by Crippen LogP contribution is -2.36. The smallest absolute Gasteiger partial charge is 0.343 e. The Bertz CT molecular complexity index is 1760. The average molecular weight is 611 g/mol. The van der Waals surface area contributed by atoms with Crippen molar-refractivity contribution in [3.8, 4) is 11.3 Å². The number of carbonyl (C=O) groups is 2. The molecule has 2 aliphatic rings. The number of benzene rings is 2. The zero-order chi connectivity index (χ0) is 32.0. The number of fused-ring (bicyclic) bond motifs is 1. The zero-order valence-corrected chi connectivity index (χ0v) is 25.4. The van der Waals surface area contributed by atoms with E-state index >= 15 is 0 Å². The topological polar surface area (TPSA) is 59.1 Å². The number of aromatic nitrogens is 1. The van der Waals surface area contributed by atoms with Crippen molar-refractivity contribution in [1.82, 2.24) is 10.3 Å². The van der Waals surface area contributed by atoms with E-state index in [9.17, 15) is 22.8 Å². The van der Waals surface area contributed by atoms with Gasteiger partial charge in [-0.05, 0) is 91.1 Å². The van der Waals surface area contributed by atoms with Gasteiger partial charge in [0.05, 0.1) is 5.69 Å². The molecule has 4 nitrogen and oxygen atoms in total. The Hall–Kier alpha value is -4.48. The highest BCUT2D eigenvalue weighted by molar-refractivity contribution is 5.98. The summed E-state index contributed by atoms with van der Waals surface area (Å²) in [4.78, 5) is 30.3. The quantitative estimate of drug-likeness (QED) is 0.202. The molecule has 3 aromatic rings. The van der Waals surface area contributed by atoms with Gasteiger partial charge in [0, 0.05) is 34.0 Å². The van der Waals surface area contributed by atoms with Gasteiger partial charge >= 0.3 is 6.18 Å². The van der Waals surface area contributed by atoms with Gasteiger partial charge < -0.3 is 5.32 Å². The Morgan fingerprint density at radius 1 is 1.02 bits per heavy atom. The van der Waals surface area contributed by atoms with E-state index < -0.39 is 18.6 Å². The fourth-order valence-electron chi connectivity index (χ4n) is 6.19. The second-order valence-electron chi connectivity index (χ2n) is 11.9. The molecule has 0 aliphatic heterocycles. The third-order valence-corrected chi connectivity index (χ3v) is 8.87. The molecule has 1 fully saturated rings. The first-order valence-corrected chi connectivity index (χ1v) is 15.5. The number of carbonyl (C=O) groups excluding carboxylic acids is 2. The van der Waals surface area contributed by atoms with Gasteiger partial charge in [-0.3, -0.25) is 14.6 Å². The van der Waals surface area contributed by atoms with E-state index in [1.807, 2.05) is 59.9 Å². The van der Waals surface area contributed by atoms with Gasteiger partial charge in [-0.15, -0.1) is 5.73 Å². The normalized spacial score (nSPS) is 17.9. The van der Waals surface area contributed by atoms with Crippen LogP contribution >= 0.6 is 0 Å². The minimum Gasteiger partial charge on any atom is -0.343 e. The van der Waals surface area contributed by atoms with Gasteiger partial charge in [-0.25, -0.2) is 0 Å². The number of allylic oxidation sites excluding steroid dienone is 3. The van der Waals surface area contributed by atoms with Gasteiger partial charge in [0.25, 0.3) is 5.91 Å². The monoisotopic (exact) mass is 610 g/mol. The SMILES string of the molecule is C=Cc1ccc(-c2ccc(C(=O)C3CCCC(CCC4=CC=c5c(C)c(C(=O)NCC(F)(F)F)ccc5=C=C4)CC3)cc2)nc1. The summed E-state index contributed by atoms with van der Waals surface area (Å²) in [5.74, 6) is 0.0351. The van der Waals surface area contributed by atoms with Crippen LogP contribution in [0, 0.1) is 18.8 Å². The molecule has 1 amide bonds. The number of ketones is 1. The van der Waals surface area contributed by atoms with E-state index in [1.165, 1.54) is 0 Å². The number of amides is 1. The van der Waals surface area contributed by atoms with Crippen molar-refractivity contribution in [3.05, 3.63) is 112 Å². The number of alkyl halides is 3. The van der Waals surface area contributed by atoms with Gasteiger partial charge in [0.15, 0.2) is 5.78 Å². The molecule has 5 rings (SSSR count). The molecule has 2 aliphatic carbocycles. The number of Topliss-reactive ketones (excluding diaryl/α,β-unsaturated/α-hetero) is 1. The number of hydrogen-bond donors (Lipinski definition) is 1. The van der Waals surface area contributed by atoms with Crippen molar-refractivity contribution in [1.29, 1.82) is 0 Å². The van der Waals surface area contributed by atoms with Crippen LogP contribution in [-0.4, -0.2) is 29.4 Å². The number of rotatable bonds is 9. The third kappa shape index (κ3) is 8.17. The minimum absolute atomic E-state index is 0.0320. The Kier molecular flexibility index (Phi) is 9.99. The molecular formula is C38H37F3N2O2. The molecule has 1 N–H and O–H groups in total. The lowest BCUT2D eigenvalue weighted by molar-refractivity contribution is -0.123. The summed E-state index contributed by atoms with van der Waals surface area (Å²) in [5.41, 5.74) is 8.82. The van der Waals surface area contributed by atoms with E-state index in [0.717, 1.165) is 83.3 Å². The molecular weight excluding hydrogens is 573 g/mol. The Labute approximate surface area is 261 Å². The van der Waals surface area contributed by atoms with E-state index in [2.05, 4.69) is 17.3 Å². The van der Waals surface area contributed by atoms with Crippen LogP contribution in [0.1, 0.15) is 76.8 Å². The molecule has 0 saturated heterocycles. The Morgan fingerprint density at radius 3 is 2.53 bits per heavy atom.